The molecule has 148 valence electrons. The number of fused-ring (bicyclic) bond motifs is 1. The van der Waals surface area contributed by atoms with E-state index in [-0.39, 0.29) is 4.21 Å². The SMILES string of the molecule is Cn1c(=NC(=O)C2CCCCN2S(=O)(=O)c2cccs2)sc2cc(Cl)ccc21. The molecule has 3 aromatic rings. The number of hydrogen-bond donors (Lipinski definition) is 0. The molecule has 1 fully saturated rings. The maximum atomic E-state index is 13.0. The standard InChI is InChI=1S/C18H18ClN3O3S3/c1-21-13-8-7-12(19)11-15(13)27-18(21)20-17(23)14-5-2-3-9-22(14)28(24,25)16-6-4-10-26-16/h4,6-8,10-11,14H,2-3,5,9H2,1H3. The van der Waals surface area contributed by atoms with Gasteiger partial charge in [-0.3, -0.25) is 4.79 Å². The Kier molecular flexibility index (Phi) is 5.45. The molecule has 6 nitrogen and oxygen atoms in total. The Bertz CT molecular complexity index is 1200. The molecule has 1 aliphatic heterocycles. The lowest BCUT2D eigenvalue weighted by Crippen LogP contribution is -2.47. The minimum atomic E-state index is -3.70. The molecule has 0 N–H and O–H groups in total. The molecule has 0 spiro atoms. The minimum Gasteiger partial charge on any atom is -0.319 e. The molecule has 4 rings (SSSR count). The van der Waals surface area contributed by atoms with Crippen molar-refractivity contribution in [2.45, 2.75) is 29.5 Å². The molecule has 0 aliphatic carbocycles. The summed E-state index contributed by atoms with van der Waals surface area (Å²) in [5.74, 6) is -0.423. The van der Waals surface area contributed by atoms with Gasteiger partial charge in [0, 0.05) is 18.6 Å². The first-order chi connectivity index (χ1) is 13.4. The van der Waals surface area contributed by atoms with Crippen LogP contribution in [-0.2, 0) is 21.9 Å². The maximum Gasteiger partial charge on any atom is 0.266 e. The number of halogens is 1. The monoisotopic (exact) mass is 455 g/mol. The Hall–Kier alpha value is -1.52. The van der Waals surface area contributed by atoms with Crippen molar-refractivity contribution in [1.29, 1.82) is 0 Å². The number of aromatic nitrogens is 1. The summed E-state index contributed by atoms with van der Waals surface area (Å²) in [6.45, 7) is 0.334. The van der Waals surface area contributed by atoms with Crippen LogP contribution in [0.4, 0.5) is 0 Å². The van der Waals surface area contributed by atoms with Gasteiger partial charge in [-0.1, -0.05) is 35.4 Å². The lowest BCUT2D eigenvalue weighted by Gasteiger charge is -2.31. The highest BCUT2D eigenvalue weighted by molar-refractivity contribution is 7.91. The van der Waals surface area contributed by atoms with E-state index in [2.05, 4.69) is 4.99 Å². The van der Waals surface area contributed by atoms with Gasteiger partial charge in [-0.25, -0.2) is 8.42 Å². The molecule has 2 aromatic heterocycles. The lowest BCUT2D eigenvalue weighted by atomic mass is 10.0. The molecule has 0 bridgehead atoms. The van der Waals surface area contributed by atoms with Gasteiger partial charge in [0.2, 0.25) is 0 Å². The van der Waals surface area contributed by atoms with E-state index in [1.807, 2.05) is 23.7 Å². The van der Waals surface area contributed by atoms with Gasteiger partial charge >= 0.3 is 0 Å². The maximum absolute atomic E-state index is 13.0. The van der Waals surface area contributed by atoms with E-state index in [1.165, 1.54) is 15.6 Å². The normalized spacial score (nSPS) is 19.4. The third-order valence-electron chi connectivity index (χ3n) is 4.77. The zero-order chi connectivity index (χ0) is 19.9. The van der Waals surface area contributed by atoms with E-state index < -0.39 is 22.0 Å². The smallest absolute Gasteiger partial charge is 0.266 e. The van der Waals surface area contributed by atoms with E-state index in [0.717, 1.165) is 34.4 Å². The molecule has 1 amide bonds. The Morgan fingerprint density at radius 1 is 1.29 bits per heavy atom. The number of amides is 1. The van der Waals surface area contributed by atoms with Crippen LogP contribution in [-0.4, -0.2) is 35.8 Å². The quantitative estimate of drug-likeness (QED) is 0.605. The molecule has 28 heavy (non-hydrogen) atoms. The Labute approximate surface area is 175 Å². The number of aryl methyl sites for hydroxylation is 1. The highest BCUT2D eigenvalue weighted by atomic mass is 35.5. The highest BCUT2D eigenvalue weighted by Crippen LogP contribution is 2.28. The number of benzene rings is 1. The summed E-state index contributed by atoms with van der Waals surface area (Å²) in [5.41, 5.74) is 0.924. The van der Waals surface area contributed by atoms with Gasteiger partial charge in [0.1, 0.15) is 10.3 Å². The zero-order valence-corrected chi connectivity index (χ0v) is 18.2. The fourth-order valence-corrected chi connectivity index (χ4v) is 7.42. The zero-order valence-electron chi connectivity index (χ0n) is 15.0. The van der Waals surface area contributed by atoms with Gasteiger partial charge in [0.05, 0.1) is 10.2 Å². The van der Waals surface area contributed by atoms with Gasteiger partial charge in [-0.05, 0) is 42.5 Å². The lowest BCUT2D eigenvalue weighted by molar-refractivity contribution is -0.122. The number of hydrogen-bond acceptors (Lipinski definition) is 5. The summed E-state index contributed by atoms with van der Waals surface area (Å²) in [6.07, 6.45) is 2.02. The molecule has 0 radical (unpaired) electrons. The molecular weight excluding hydrogens is 438 g/mol. The summed E-state index contributed by atoms with van der Waals surface area (Å²) in [6, 6.07) is 8.01. The molecule has 10 heteroatoms. The van der Waals surface area contributed by atoms with Gasteiger partial charge in [-0.15, -0.1) is 11.3 Å². The summed E-state index contributed by atoms with van der Waals surface area (Å²) < 4.78 is 30.3. The number of thiazole rings is 1. The first-order valence-corrected chi connectivity index (χ1v) is 12.3. The number of nitrogens with zero attached hydrogens (tertiary/aromatic N) is 3. The van der Waals surface area contributed by atoms with Crippen molar-refractivity contribution < 1.29 is 13.2 Å². The summed E-state index contributed by atoms with van der Waals surface area (Å²) in [4.78, 5) is 17.8. The second kappa shape index (κ2) is 7.72. The molecule has 1 aliphatic rings. The first-order valence-electron chi connectivity index (χ1n) is 8.77. The number of carbonyl (C=O) groups excluding carboxylic acids is 1. The van der Waals surface area contributed by atoms with Crippen molar-refractivity contribution >= 4 is 60.4 Å². The van der Waals surface area contributed by atoms with Crippen LogP contribution in [0.15, 0.2) is 44.9 Å². The average molecular weight is 456 g/mol. The number of rotatable bonds is 3. The molecule has 1 atom stereocenters. The van der Waals surface area contributed by atoms with Crippen molar-refractivity contribution in [2.24, 2.45) is 12.0 Å². The van der Waals surface area contributed by atoms with Crippen molar-refractivity contribution in [3.63, 3.8) is 0 Å². The largest absolute Gasteiger partial charge is 0.319 e. The predicted molar refractivity (Wildman–Crippen MR) is 112 cm³/mol. The third kappa shape index (κ3) is 3.57. The van der Waals surface area contributed by atoms with Crippen molar-refractivity contribution in [2.75, 3.05) is 6.54 Å². The van der Waals surface area contributed by atoms with Crippen molar-refractivity contribution in [3.05, 3.63) is 45.5 Å². The number of piperidine rings is 1. The van der Waals surface area contributed by atoms with Crippen LogP contribution in [0.5, 0.6) is 0 Å². The molecular formula is C18H18ClN3O3S3. The molecule has 1 aromatic carbocycles. The van der Waals surface area contributed by atoms with Crippen molar-refractivity contribution in [3.8, 4) is 0 Å². The Morgan fingerprint density at radius 3 is 2.86 bits per heavy atom. The minimum absolute atomic E-state index is 0.259. The van der Waals surface area contributed by atoms with Crippen LogP contribution in [0.25, 0.3) is 10.2 Å². The van der Waals surface area contributed by atoms with Gasteiger partial charge < -0.3 is 4.57 Å². The summed E-state index contributed by atoms with van der Waals surface area (Å²) >= 11 is 8.58. The van der Waals surface area contributed by atoms with Gasteiger partial charge in [0.25, 0.3) is 15.9 Å². The molecule has 1 unspecified atom stereocenters. The molecule has 1 saturated heterocycles. The van der Waals surface area contributed by atoms with E-state index in [0.29, 0.717) is 22.8 Å². The summed E-state index contributed by atoms with van der Waals surface area (Å²) in [7, 11) is -1.86. The average Bonchev–Trinajstić information content (AvgIpc) is 3.31. The Balaban J connectivity index is 1.72. The fourth-order valence-electron chi connectivity index (χ4n) is 3.35. The van der Waals surface area contributed by atoms with E-state index in [9.17, 15) is 13.2 Å². The second-order valence-electron chi connectivity index (χ2n) is 6.57. The summed E-state index contributed by atoms with van der Waals surface area (Å²) in [5, 5.41) is 2.34. The van der Waals surface area contributed by atoms with Crippen LogP contribution in [0.2, 0.25) is 5.02 Å². The van der Waals surface area contributed by atoms with Crippen molar-refractivity contribution in [1.82, 2.24) is 8.87 Å². The number of carbonyl (C=O) groups is 1. The Morgan fingerprint density at radius 2 is 2.11 bits per heavy atom. The topological polar surface area (TPSA) is 71.7 Å². The van der Waals surface area contributed by atoms with E-state index in [4.69, 9.17) is 11.6 Å². The number of sulfonamides is 1. The van der Waals surface area contributed by atoms with E-state index in [1.54, 1.807) is 23.6 Å². The van der Waals surface area contributed by atoms with Crippen LogP contribution >= 0.6 is 34.3 Å². The van der Waals surface area contributed by atoms with Gasteiger partial charge in [-0.2, -0.15) is 9.30 Å². The van der Waals surface area contributed by atoms with E-state index >= 15 is 0 Å². The number of thiophene rings is 1. The highest BCUT2D eigenvalue weighted by Gasteiger charge is 2.38. The predicted octanol–water partition coefficient (Wildman–Crippen LogP) is 3.63. The van der Waals surface area contributed by atoms with Gasteiger partial charge in [0.15, 0.2) is 4.80 Å². The van der Waals surface area contributed by atoms with Crippen LogP contribution < -0.4 is 4.80 Å². The van der Waals surface area contributed by atoms with Crippen LogP contribution in [0.3, 0.4) is 0 Å². The van der Waals surface area contributed by atoms with Crippen LogP contribution in [0, 0.1) is 0 Å². The second-order valence-corrected chi connectivity index (χ2v) is 11.1. The third-order valence-corrected chi connectivity index (χ3v) is 9.38. The van der Waals surface area contributed by atoms with Crippen LogP contribution in [0.1, 0.15) is 19.3 Å². The fraction of sp³-hybridized carbons (Fsp3) is 0.333. The first kappa shape index (κ1) is 19.8. The molecule has 0 saturated carbocycles. The molecule has 3 heterocycles.